The van der Waals surface area contributed by atoms with Crippen molar-refractivity contribution in [3.63, 3.8) is 0 Å². The van der Waals surface area contributed by atoms with Crippen LogP contribution in [0.1, 0.15) is 19.8 Å². The Kier molecular flexibility index (Phi) is 6.66. The van der Waals surface area contributed by atoms with Crippen LogP contribution in [0.15, 0.2) is 12.1 Å². The number of halogens is 3. The van der Waals surface area contributed by atoms with E-state index in [2.05, 4.69) is 5.32 Å². The summed E-state index contributed by atoms with van der Waals surface area (Å²) in [6, 6.07) is 1.91. The molecule has 0 aliphatic rings. The van der Waals surface area contributed by atoms with Gasteiger partial charge < -0.3 is 15.2 Å². The van der Waals surface area contributed by atoms with Gasteiger partial charge in [0.05, 0.1) is 18.4 Å². The minimum absolute atomic E-state index is 0.00584. The highest BCUT2D eigenvalue weighted by atomic mass is 19.2. The van der Waals surface area contributed by atoms with E-state index < -0.39 is 23.6 Å². The summed E-state index contributed by atoms with van der Waals surface area (Å²) in [4.78, 5) is 0. The van der Waals surface area contributed by atoms with Crippen LogP contribution in [0.5, 0.6) is 0 Å². The molecule has 3 nitrogen and oxygen atoms in total. The van der Waals surface area contributed by atoms with E-state index in [0.717, 1.165) is 25.0 Å². The van der Waals surface area contributed by atoms with Gasteiger partial charge in [0.25, 0.3) is 0 Å². The van der Waals surface area contributed by atoms with E-state index in [1.807, 2.05) is 6.92 Å². The molecule has 0 bridgehead atoms. The number of aliphatic hydroxyl groups excluding tert-OH is 1. The minimum atomic E-state index is -1.53. The highest BCUT2D eigenvalue weighted by Crippen LogP contribution is 2.19. The lowest BCUT2D eigenvalue weighted by atomic mass is 10.2. The van der Waals surface area contributed by atoms with Gasteiger partial charge >= 0.3 is 0 Å². The van der Waals surface area contributed by atoms with Crippen molar-refractivity contribution in [2.75, 3.05) is 25.1 Å². The molecule has 0 amide bonds. The van der Waals surface area contributed by atoms with E-state index in [-0.39, 0.29) is 18.8 Å². The standard InChI is InChI=1S/C13H18F3NO2/c1-2-3-6-19-8-9(18)7-17-11-5-4-10(14)12(15)13(11)16/h4-5,9,17-18H,2-3,6-8H2,1H3. The molecule has 1 rings (SSSR count). The predicted molar refractivity (Wildman–Crippen MR) is 66.5 cm³/mol. The van der Waals surface area contributed by atoms with Gasteiger partial charge in [0.15, 0.2) is 17.5 Å². The van der Waals surface area contributed by atoms with Gasteiger partial charge in [0.1, 0.15) is 0 Å². The number of anilines is 1. The third-order valence-corrected chi connectivity index (χ3v) is 2.52. The lowest BCUT2D eigenvalue weighted by Gasteiger charge is -2.13. The molecule has 0 aliphatic carbocycles. The van der Waals surface area contributed by atoms with Gasteiger partial charge in [-0.15, -0.1) is 0 Å². The molecule has 19 heavy (non-hydrogen) atoms. The van der Waals surface area contributed by atoms with Gasteiger partial charge in [0.2, 0.25) is 0 Å². The maximum absolute atomic E-state index is 13.3. The highest BCUT2D eigenvalue weighted by molar-refractivity contribution is 5.45. The monoisotopic (exact) mass is 277 g/mol. The van der Waals surface area contributed by atoms with E-state index in [4.69, 9.17) is 4.74 Å². The zero-order valence-corrected chi connectivity index (χ0v) is 10.8. The summed E-state index contributed by atoms with van der Waals surface area (Å²) >= 11 is 0. The van der Waals surface area contributed by atoms with Crippen molar-refractivity contribution in [3.05, 3.63) is 29.6 Å². The Morgan fingerprint density at radius 3 is 2.68 bits per heavy atom. The molecule has 1 aromatic rings. The number of rotatable bonds is 8. The van der Waals surface area contributed by atoms with Crippen molar-refractivity contribution < 1.29 is 23.0 Å². The molecule has 0 saturated carbocycles. The van der Waals surface area contributed by atoms with Crippen molar-refractivity contribution in [2.24, 2.45) is 0 Å². The first-order chi connectivity index (χ1) is 9.06. The third-order valence-electron chi connectivity index (χ3n) is 2.52. The topological polar surface area (TPSA) is 41.5 Å². The second-order valence-electron chi connectivity index (χ2n) is 4.19. The van der Waals surface area contributed by atoms with E-state index in [9.17, 15) is 18.3 Å². The van der Waals surface area contributed by atoms with E-state index in [0.29, 0.717) is 6.61 Å². The van der Waals surface area contributed by atoms with Crippen LogP contribution in [0.2, 0.25) is 0 Å². The molecule has 0 spiro atoms. The number of hydrogen-bond donors (Lipinski definition) is 2. The van der Waals surface area contributed by atoms with Gasteiger partial charge in [-0.1, -0.05) is 13.3 Å². The molecular weight excluding hydrogens is 259 g/mol. The maximum atomic E-state index is 13.3. The average molecular weight is 277 g/mol. The van der Waals surface area contributed by atoms with Crippen LogP contribution in [-0.2, 0) is 4.74 Å². The molecule has 0 heterocycles. The first-order valence-corrected chi connectivity index (χ1v) is 6.19. The largest absolute Gasteiger partial charge is 0.389 e. The fourth-order valence-corrected chi connectivity index (χ4v) is 1.41. The highest BCUT2D eigenvalue weighted by Gasteiger charge is 2.14. The lowest BCUT2D eigenvalue weighted by Crippen LogP contribution is -2.25. The molecule has 0 aliphatic heterocycles. The summed E-state index contributed by atoms with van der Waals surface area (Å²) in [5.74, 6) is -4.07. The number of aliphatic hydroxyl groups is 1. The Labute approximate surface area is 110 Å². The minimum Gasteiger partial charge on any atom is -0.389 e. The molecule has 0 aromatic heterocycles. The van der Waals surface area contributed by atoms with Gasteiger partial charge in [-0.3, -0.25) is 0 Å². The fourth-order valence-electron chi connectivity index (χ4n) is 1.41. The number of unbranched alkanes of at least 4 members (excludes halogenated alkanes) is 1. The van der Waals surface area contributed by atoms with Crippen molar-refractivity contribution in [1.29, 1.82) is 0 Å². The van der Waals surface area contributed by atoms with Crippen LogP contribution in [0.3, 0.4) is 0 Å². The summed E-state index contributed by atoms with van der Waals surface area (Å²) in [5.41, 5.74) is -0.188. The summed E-state index contributed by atoms with van der Waals surface area (Å²) in [7, 11) is 0. The Morgan fingerprint density at radius 2 is 2.00 bits per heavy atom. The zero-order valence-electron chi connectivity index (χ0n) is 10.8. The first kappa shape index (κ1) is 15.8. The summed E-state index contributed by atoms with van der Waals surface area (Å²) in [5, 5.41) is 12.1. The maximum Gasteiger partial charge on any atom is 0.196 e. The zero-order chi connectivity index (χ0) is 14.3. The predicted octanol–water partition coefficient (Wildman–Crippen LogP) is 2.69. The summed E-state index contributed by atoms with van der Waals surface area (Å²) in [6.07, 6.45) is 1.05. The Morgan fingerprint density at radius 1 is 1.26 bits per heavy atom. The van der Waals surface area contributed by atoms with Crippen molar-refractivity contribution in [2.45, 2.75) is 25.9 Å². The molecular formula is C13H18F3NO2. The van der Waals surface area contributed by atoms with E-state index in [1.165, 1.54) is 0 Å². The Hall–Kier alpha value is -1.27. The second kappa shape index (κ2) is 8.01. The van der Waals surface area contributed by atoms with Crippen molar-refractivity contribution >= 4 is 5.69 Å². The molecule has 0 saturated heterocycles. The molecule has 0 radical (unpaired) electrons. The Balaban J connectivity index is 2.38. The van der Waals surface area contributed by atoms with Crippen molar-refractivity contribution in [3.8, 4) is 0 Å². The van der Waals surface area contributed by atoms with Crippen LogP contribution in [-0.4, -0.2) is 31.0 Å². The first-order valence-electron chi connectivity index (χ1n) is 6.19. The van der Waals surface area contributed by atoms with Gasteiger partial charge in [-0.2, -0.15) is 0 Å². The molecule has 0 fully saturated rings. The molecule has 6 heteroatoms. The van der Waals surface area contributed by atoms with Crippen LogP contribution in [0, 0.1) is 17.5 Å². The summed E-state index contributed by atoms with van der Waals surface area (Å²) < 4.78 is 44.1. The fraction of sp³-hybridized carbons (Fsp3) is 0.538. The van der Waals surface area contributed by atoms with E-state index in [1.54, 1.807) is 0 Å². The van der Waals surface area contributed by atoms with Crippen LogP contribution < -0.4 is 5.32 Å². The van der Waals surface area contributed by atoms with Crippen LogP contribution in [0.25, 0.3) is 0 Å². The average Bonchev–Trinajstić information content (AvgIpc) is 2.40. The van der Waals surface area contributed by atoms with Gasteiger partial charge in [-0.05, 0) is 18.6 Å². The van der Waals surface area contributed by atoms with E-state index >= 15 is 0 Å². The smallest absolute Gasteiger partial charge is 0.196 e. The number of benzene rings is 1. The van der Waals surface area contributed by atoms with Crippen molar-refractivity contribution in [1.82, 2.24) is 0 Å². The molecule has 1 aromatic carbocycles. The van der Waals surface area contributed by atoms with Crippen LogP contribution >= 0.6 is 0 Å². The molecule has 1 atom stereocenters. The Bertz CT molecular complexity index is 402. The number of nitrogens with one attached hydrogen (secondary N) is 1. The van der Waals surface area contributed by atoms with Crippen LogP contribution in [0.4, 0.5) is 18.9 Å². The molecule has 1 unspecified atom stereocenters. The molecule has 108 valence electrons. The van der Waals surface area contributed by atoms with Gasteiger partial charge in [-0.25, -0.2) is 13.2 Å². The lowest BCUT2D eigenvalue weighted by molar-refractivity contribution is 0.0421. The third kappa shape index (κ3) is 5.08. The number of ether oxygens (including phenoxy) is 1. The SMILES string of the molecule is CCCCOCC(O)CNc1ccc(F)c(F)c1F. The quantitative estimate of drug-likeness (QED) is 0.567. The van der Waals surface area contributed by atoms with Gasteiger partial charge in [0, 0.05) is 13.2 Å². The summed E-state index contributed by atoms with van der Waals surface area (Å²) in [6.45, 7) is 2.67. The normalized spacial score (nSPS) is 12.5. The number of hydrogen-bond acceptors (Lipinski definition) is 3. The molecule has 2 N–H and O–H groups in total. The second-order valence-corrected chi connectivity index (χ2v) is 4.19.